The number of aromatic nitrogens is 1. The van der Waals surface area contributed by atoms with Gasteiger partial charge in [-0.2, -0.15) is 0 Å². The number of thiazole rings is 1. The molecular weight excluding hydrogens is 250 g/mol. The largest absolute Gasteiger partial charge is 0.393 e. The van der Waals surface area contributed by atoms with Gasteiger partial charge in [0.25, 0.3) is 0 Å². The number of carbonyl (C=O) groups excluding carboxylic acids is 1. The number of aliphatic hydroxyl groups excluding tert-OH is 1. The lowest BCUT2D eigenvalue weighted by atomic mass is 9.86. The van der Waals surface area contributed by atoms with Gasteiger partial charge in [0, 0.05) is 31.1 Å². The third-order valence-corrected chi connectivity index (χ3v) is 4.06. The molecule has 1 aliphatic rings. The van der Waals surface area contributed by atoms with E-state index in [2.05, 4.69) is 10.3 Å². The highest BCUT2D eigenvalue weighted by Crippen LogP contribution is 2.25. The summed E-state index contributed by atoms with van der Waals surface area (Å²) < 4.78 is 0. The number of nitrogens with one attached hydrogen (secondary N) is 1. The summed E-state index contributed by atoms with van der Waals surface area (Å²) in [5, 5.41) is 15.1. The highest BCUT2D eigenvalue weighted by molar-refractivity contribution is 7.13. The minimum absolute atomic E-state index is 0.164. The second kappa shape index (κ2) is 6.15. The first-order valence-electron chi connectivity index (χ1n) is 6.26. The molecule has 1 heterocycles. The molecule has 2 amide bonds. The van der Waals surface area contributed by atoms with E-state index in [-0.39, 0.29) is 18.1 Å². The molecule has 1 aliphatic carbocycles. The molecule has 1 fully saturated rings. The van der Waals surface area contributed by atoms with Crippen molar-refractivity contribution in [2.45, 2.75) is 31.8 Å². The SMILES string of the molecule is CN(CC1CCCCC1O)C(=O)Nc1nccs1. The van der Waals surface area contributed by atoms with E-state index in [0.29, 0.717) is 11.7 Å². The van der Waals surface area contributed by atoms with Crippen LogP contribution in [0, 0.1) is 5.92 Å². The Morgan fingerprint density at radius 2 is 2.39 bits per heavy atom. The van der Waals surface area contributed by atoms with E-state index in [4.69, 9.17) is 0 Å². The van der Waals surface area contributed by atoms with E-state index >= 15 is 0 Å². The Kier molecular flexibility index (Phi) is 4.54. The fourth-order valence-electron chi connectivity index (χ4n) is 2.31. The fraction of sp³-hybridized carbons (Fsp3) is 0.667. The Morgan fingerprint density at radius 3 is 3.06 bits per heavy atom. The Morgan fingerprint density at radius 1 is 1.61 bits per heavy atom. The second-order valence-corrected chi connectivity index (χ2v) is 5.65. The minimum Gasteiger partial charge on any atom is -0.393 e. The first kappa shape index (κ1) is 13.3. The van der Waals surface area contributed by atoms with E-state index in [1.807, 2.05) is 5.38 Å². The summed E-state index contributed by atoms with van der Waals surface area (Å²) in [6.07, 6.45) is 5.47. The van der Waals surface area contributed by atoms with Crippen LogP contribution in [0.2, 0.25) is 0 Å². The van der Waals surface area contributed by atoms with Crippen molar-refractivity contribution in [2.75, 3.05) is 18.9 Å². The van der Waals surface area contributed by atoms with Gasteiger partial charge >= 0.3 is 6.03 Å². The zero-order chi connectivity index (χ0) is 13.0. The van der Waals surface area contributed by atoms with Crippen LogP contribution in [-0.2, 0) is 0 Å². The monoisotopic (exact) mass is 269 g/mol. The fourth-order valence-corrected chi connectivity index (χ4v) is 2.83. The standard InChI is InChI=1S/C12H19N3O2S/c1-15(8-9-4-2-3-5-10(9)16)12(17)14-11-13-6-7-18-11/h6-7,9-10,16H,2-5,8H2,1H3,(H,13,14,17). The van der Waals surface area contributed by atoms with Gasteiger partial charge in [-0.1, -0.05) is 12.8 Å². The second-order valence-electron chi connectivity index (χ2n) is 4.76. The molecule has 5 nitrogen and oxygen atoms in total. The number of hydrogen-bond acceptors (Lipinski definition) is 4. The highest BCUT2D eigenvalue weighted by Gasteiger charge is 2.25. The van der Waals surface area contributed by atoms with Gasteiger partial charge in [0.05, 0.1) is 6.10 Å². The van der Waals surface area contributed by atoms with Crippen molar-refractivity contribution in [3.05, 3.63) is 11.6 Å². The number of hydrogen-bond donors (Lipinski definition) is 2. The molecule has 0 aromatic carbocycles. The van der Waals surface area contributed by atoms with Crippen LogP contribution in [0.5, 0.6) is 0 Å². The van der Waals surface area contributed by atoms with Gasteiger partial charge in [-0.25, -0.2) is 9.78 Å². The zero-order valence-electron chi connectivity index (χ0n) is 10.5. The maximum atomic E-state index is 11.9. The molecule has 2 unspecified atom stereocenters. The molecule has 1 aromatic heterocycles. The summed E-state index contributed by atoms with van der Waals surface area (Å²) in [5.74, 6) is 0.200. The third-order valence-electron chi connectivity index (χ3n) is 3.37. The van der Waals surface area contributed by atoms with Gasteiger partial charge in [-0.15, -0.1) is 11.3 Å². The van der Waals surface area contributed by atoms with Crippen molar-refractivity contribution in [1.82, 2.24) is 9.88 Å². The predicted molar refractivity (Wildman–Crippen MR) is 71.7 cm³/mol. The van der Waals surface area contributed by atoms with Gasteiger partial charge in [0.2, 0.25) is 0 Å². The predicted octanol–water partition coefficient (Wildman–Crippen LogP) is 2.16. The quantitative estimate of drug-likeness (QED) is 0.883. The van der Waals surface area contributed by atoms with Crippen LogP contribution in [0.1, 0.15) is 25.7 Å². The lowest BCUT2D eigenvalue weighted by Gasteiger charge is -2.31. The van der Waals surface area contributed by atoms with Gasteiger partial charge in [0.1, 0.15) is 0 Å². The Balaban J connectivity index is 1.83. The molecule has 2 N–H and O–H groups in total. The van der Waals surface area contributed by atoms with Crippen LogP contribution in [0.15, 0.2) is 11.6 Å². The first-order chi connectivity index (χ1) is 8.66. The summed E-state index contributed by atoms with van der Waals surface area (Å²) in [6, 6.07) is -0.164. The Bertz CT molecular complexity index is 383. The molecule has 0 radical (unpaired) electrons. The summed E-state index contributed by atoms with van der Waals surface area (Å²) in [7, 11) is 1.75. The number of aliphatic hydroxyl groups is 1. The molecule has 0 spiro atoms. The summed E-state index contributed by atoms with van der Waals surface area (Å²) in [5.41, 5.74) is 0. The van der Waals surface area contributed by atoms with E-state index in [9.17, 15) is 9.90 Å². The topological polar surface area (TPSA) is 65.5 Å². The van der Waals surface area contributed by atoms with Crippen LogP contribution in [-0.4, -0.2) is 40.7 Å². The van der Waals surface area contributed by atoms with Crippen LogP contribution in [0.25, 0.3) is 0 Å². The number of amides is 2. The first-order valence-corrected chi connectivity index (χ1v) is 7.14. The molecule has 100 valence electrons. The van der Waals surface area contributed by atoms with Crippen LogP contribution in [0.4, 0.5) is 9.93 Å². The van der Waals surface area contributed by atoms with Gasteiger partial charge < -0.3 is 10.0 Å². The van der Waals surface area contributed by atoms with Crippen LogP contribution >= 0.6 is 11.3 Å². The smallest absolute Gasteiger partial charge is 0.323 e. The third kappa shape index (κ3) is 3.43. The average Bonchev–Trinajstić information content (AvgIpc) is 2.84. The molecule has 0 bridgehead atoms. The normalized spacial score (nSPS) is 23.7. The van der Waals surface area contributed by atoms with Crippen molar-refractivity contribution < 1.29 is 9.90 Å². The molecule has 2 rings (SSSR count). The summed E-state index contributed by atoms with van der Waals surface area (Å²) in [6.45, 7) is 0.596. The van der Waals surface area contributed by atoms with Crippen molar-refractivity contribution in [1.29, 1.82) is 0 Å². The molecule has 1 aromatic rings. The molecule has 0 aliphatic heterocycles. The van der Waals surface area contributed by atoms with Crippen molar-refractivity contribution in [2.24, 2.45) is 5.92 Å². The molecule has 2 atom stereocenters. The maximum Gasteiger partial charge on any atom is 0.323 e. The molecule has 0 saturated heterocycles. The number of nitrogens with zero attached hydrogens (tertiary/aromatic N) is 2. The van der Waals surface area contributed by atoms with E-state index in [1.54, 1.807) is 18.1 Å². The average molecular weight is 269 g/mol. The Labute approximate surface area is 111 Å². The molecular formula is C12H19N3O2S. The summed E-state index contributed by atoms with van der Waals surface area (Å²) in [4.78, 5) is 17.5. The lowest BCUT2D eigenvalue weighted by molar-refractivity contribution is 0.0575. The number of rotatable bonds is 3. The maximum absolute atomic E-state index is 11.9. The van der Waals surface area contributed by atoms with Gasteiger partial charge in [-0.3, -0.25) is 5.32 Å². The zero-order valence-corrected chi connectivity index (χ0v) is 11.3. The van der Waals surface area contributed by atoms with Crippen molar-refractivity contribution in [3.63, 3.8) is 0 Å². The minimum atomic E-state index is -0.270. The van der Waals surface area contributed by atoms with Crippen molar-refractivity contribution >= 4 is 22.5 Å². The lowest BCUT2D eigenvalue weighted by Crippen LogP contribution is -2.40. The van der Waals surface area contributed by atoms with E-state index < -0.39 is 0 Å². The van der Waals surface area contributed by atoms with Crippen LogP contribution < -0.4 is 5.32 Å². The summed E-state index contributed by atoms with van der Waals surface area (Å²) >= 11 is 1.40. The number of anilines is 1. The van der Waals surface area contributed by atoms with E-state index in [0.717, 1.165) is 25.7 Å². The van der Waals surface area contributed by atoms with Gasteiger partial charge in [-0.05, 0) is 12.8 Å². The van der Waals surface area contributed by atoms with Crippen LogP contribution in [0.3, 0.4) is 0 Å². The van der Waals surface area contributed by atoms with Gasteiger partial charge in [0.15, 0.2) is 5.13 Å². The Hall–Kier alpha value is -1.14. The molecule has 6 heteroatoms. The van der Waals surface area contributed by atoms with E-state index in [1.165, 1.54) is 11.3 Å². The number of carbonyl (C=O) groups is 1. The number of urea groups is 1. The van der Waals surface area contributed by atoms with Crippen molar-refractivity contribution in [3.8, 4) is 0 Å². The molecule has 1 saturated carbocycles. The highest BCUT2D eigenvalue weighted by atomic mass is 32.1. The molecule has 18 heavy (non-hydrogen) atoms.